The zero-order chi connectivity index (χ0) is 29.9. The second kappa shape index (κ2) is 11.5. The molecule has 1 aliphatic heterocycles. The second-order valence-corrected chi connectivity index (χ2v) is 14.2. The summed E-state index contributed by atoms with van der Waals surface area (Å²) in [6.45, 7) is -0.588. The molecule has 0 unspecified atom stereocenters. The number of ketones is 1. The zero-order valence-electron chi connectivity index (χ0n) is 21.4. The van der Waals surface area contributed by atoms with E-state index in [2.05, 4.69) is 31.9 Å². The molecule has 1 aromatic heterocycles. The van der Waals surface area contributed by atoms with Crippen LogP contribution < -0.4 is 4.74 Å². The van der Waals surface area contributed by atoms with Crippen molar-refractivity contribution in [3.63, 3.8) is 0 Å². The van der Waals surface area contributed by atoms with Crippen LogP contribution in [0.25, 0.3) is 0 Å². The van der Waals surface area contributed by atoms with E-state index < -0.39 is 47.9 Å². The molecule has 42 heavy (non-hydrogen) atoms. The Bertz CT molecular complexity index is 1590. The van der Waals surface area contributed by atoms with Gasteiger partial charge in [0.1, 0.15) is 17.2 Å². The van der Waals surface area contributed by atoms with E-state index in [-0.39, 0.29) is 48.4 Å². The number of nitrogens with zero attached hydrogens (tertiary/aromatic N) is 2. The standard InChI is InChI=1S/C29H20Br2Cl2N2O6S/c30-24-16-11-17(25(24)31)23-22(16)27(38)35(28(23)39)34(26(37)14-5-8-18(32)19(33)10-14)12-20(36)13-3-6-15(7-4-13)41-29(40)21-2-1-9-42-21/h1-10,16-17,22-25H,11-12H2/t16-,17-,22-,23-,24+,25+/m1/s1. The molecule has 0 spiro atoms. The van der Waals surface area contributed by atoms with Gasteiger partial charge in [0.05, 0.1) is 21.9 Å². The Morgan fingerprint density at radius 3 is 2.10 bits per heavy atom. The first-order valence-electron chi connectivity index (χ1n) is 12.9. The van der Waals surface area contributed by atoms with Gasteiger partial charge in [-0.05, 0) is 72.2 Å². The number of halogens is 4. The highest BCUT2D eigenvalue weighted by Crippen LogP contribution is 2.60. The van der Waals surface area contributed by atoms with Crippen molar-refractivity contribution in [2.45, 2.75) is 16.1 Å². The van der Waals surface area contributed by atoms with E-state index in [1.807, 2.05) is 0 Å². The molecule has 2 saturated carbocycles. The van der Waals surface area contributed by atoms with Crippen LogP contribution in [0.3, 0.4) is 0 Å². The first kappa shape index (κ1) is 29.5. The molecule has 6 atom stereocenters. The van der Waals surface area contributed by atoms with Gasteiger partial charge < -0.3 is 4.74 Å². The first-order chi connectivity index (χ1) is 20.1. The number of hydrazine groups is 1. The number of thiophene rings is 1. The monoisotopic (exact) mass is 752 g/mol. The summed E-state index contributed by atoms with van der Waals surface area (Å²) in [7, 11) is 0. The van der Waals surface area contributed by atoms with E-state index in [9.17, 15) is 24.0 Å². The zero-order valence-corrected chi connectivity index (χ0v) is 26.9. The maximum absolute atomic E-state index is 13.8. The fourth-order valence-corrected chi connectivity index (χ4v) is 8.84. The lowest BCUT2D eigenvalue weighted by Gasteiger charge is -2.31. The van der Waals surface area contributed by atoms with Crippen LogP contribution in [0.15, 0.2) is 60.0 Å². The average Bonchev–Trinajstić information content (AvgIpc) is 3.75. The molecule has 216 valence electrons. The number of hydrogen-bond donors (Lipinski definition) is 0. The van der Waals surface area contributed by atoms with Crippen molar-refractivity contribution < 1.29 is 28.7 Å². The minimum atomic E-state index is -0.747. The molecule has 13 heteroatoms. The van der Waals surface area contributed by atoms with Crippen LogP contribution in [0.5, 0.6) is 5.75 Å². The first-order valence-corrected chi connectivity index (χ1v) is 16.3. The van der Waals surface area contributed by atoms with Gasteiger partial charge in [0, 0.05) is 20.8 Å². The van der Waals surface area contributed by atoms with Crippen LogP contribution in [-0.2, 0) is 9.59 Å². The number of benzene rings is 2. The van der Waals surface area contributed by atoms with Crippen molar-refractivity contribution >= 4 is 95.9 Å². The van der Waals surface area contributed by atoms with E-state index in [0.717, 1.165) is 16.4 Å². The minimum absolute atomic E-state index is 0.00809. The molecule has 2 aliphatic carbocycles. The third kappa shape index (κ3) is 5.02. The molecule has 6 rings (SSSR count). The van der Waals surface area contributed by atoms with Gasteiger partial charge in [-0.2, -0.15) is 5.01 Å². The highest BCUT2D eigenvalue weighted by Gasteiger charge is 2.67. The quantitative estimate of drug-likeness (QED) is 0.0925. The van der Waals surface area contributed by atoms with E-state index in [4.69, 9.17) is 27.9 Å². The van der Waals surface area contributed by atoms with Crippen molar-refractivity contribution in [1.82, 2.24) is 10.0 Å². The summed E-state index contributed by atoms with van der Waals surface area (Å²) in [6.07, 6.45) is 0.718. The fraction of sp³-hybridized carbons (Fsp3) is 0.276. The van der Waals surface area contributed by atoms with Crippen molar-refractivity contribution in [2.75, 3.05) is 6.54 Å². The summed E-state index contributed by atoms with van der Waals surface area (Å²) in [6, 6.07) is 13.4. The van der Waals surface area contributed by atoms with Crippen molar-refractivity contribution in [3.05, 3.63) is 86.0 Å². The molecule has 3 amide bonds. The Hall–Kier alpha value is -2.57. The smallest absolute Gasteiger partial charge is 0.353 e. The third-order valence-electron chi connectivity index (χ3n) is 8.01. The number of carbonyl (C=O) groups is 5. The average molecular weight is 755 g/mol. The van der Waals surface area contributed by atoms with Crippen molar-refractivity contribution in [2.24, 2.45) is 23.7 Å². The number of imide groups is 1. The largest absolute Gasteiger partial charge is 0.422 e. The van der Waals surface area contributed by atoms with Gasteiger partial charge >= 0.3 is 5.97 Å². The molecule has 1 saturated heterocycles. The number of rotatable bonds is 7. The highest BCUT2D eigenvalue weighted by atomic mass is 79.9. The number of amides is 3. The van der Waals surface area contributed by atoms with Gasteiger partial charge in [0.15, 0.2) is 5.78 Å². The number of Topliss-reactive ketones (excluding diaryl/α,β-unsaturated/α-hetero) is 1. The predicted molar refractivity (Wildman–Crippen MR) is 163 cm³/mol. The highest BCUT2D eigenvalue weighted by molar-refractivity contribution is 9.12. The molecule has 2 heterocycles. The third-order valence-corrected chi connectivity index (χ3v) is 12.8. The summed E-state index contributed by atoms with van der Waals surface area (Å²) in [5.41, 5.74) is 0.253. The van der Waals surface area contributed by atoms with Crippen LogP contribution in [0, 0.1) is 23.7 Å². The number of esters is 1. The van der Waals surface area contributed by atoms with Gasteiger partial charge in [-0.1, -0.05) is 61.1 Å². The summed E-state index contributed by atoms with van der Waals surface area (Å²) < 4.78 is 5.35. The van der Waals surface area contributed by atoms with Gasteiger partial charge in [0.2, 0.25) is 0 Å². The number of carbonyl (C=O) groups excluding carboxylic acids is 5. The van der Waals surface area contributed by atoms with Gasteiger partial charge in [-0.3, -0.25) is 19.2 Å². The molecule has 3 aliphatic rings. The molecule has 2 bridgehead atoms. The second-order valence-electron chi connectivity index (χ2n) is 10.3. The molecule has 8 nitrogen and oxygen atoms in total. The SMILES string of the molecule is O=C(CN(C(=O)c1ccc(Cl)c(Cl)c1)N1C(=O)[C@@H]2[C@H]3C[C@@H]([C@H](Br)[C@H]3Br)[C@H]2C1=O)c1ccc(OC(=O)c2cccs2)cc1. The molecule has 3 fully saturated rings. The Labute approximate surface area is 271 Å². The van der Waals surface area contributed by atoms with E-state index in [0.29, 0.717) is 4.88 Å². The van der Waals surface area contributed by atoms with E-state index >= 15 is 0 Å². The summed E-state index contributed by atoms with van der Waals surface area (Å²) in [5, 5.41) is 3.84. The normalized spacial score (nSPS) is 26.0. The molecular formula is C29H20Br2Cl2N2O6S. The van der Waals surface area contributed by atoms with E-state index in [1.54, 1.807) is 17.5 Å². The summed E-state index contributed by atoms with van der Waals surface area (Å²) in [4.78, 5) is 67.5. The number of hydrogen-bond acceptors (Lipinski definition) is 7. The molecular weight excluding hydrogens is 735 g/mol. The molecule has 3 aromatic rings. The fourth-order valence-electron chi connectivity index (χ4n) is 6.07. The van der Waals surface area contributed by atoms with Crippen LogP contribution in [0.2, 0.25) is 10.0 Å². The Morgan fingerprint density at radius 1 is 0.905 bits per heavy atom. The Morgan fingerprint density at radius 2 is 1.52 bits per heavy atom. The summed E-state index contributed by atoms with van der Waals surface area (Å²) in [5.74, 6) is -3.90. The maximum Gasteiger partial charge on any atom is 0.353 e. The Kier molecular flexibility index (Phi) is 8.08. The number of fused-ring (bicyclic) bond motifs is 5. The van der Waals surface area contributed by atoms with Crippen LogP contribution in [0.1, 0.15) is 36.8 Å². The lowest BCUT2D eigenvalue weighted by atomic mass is 9.81. The lowest BCUT2D eigenvalue weighted by molar-refractivity contribution is -0.154. The van der Waals surface area contributed by atoms with Crippen LogP contribution in [-0.4, -0.2) is 55.7 Å². The van der Waals surface area contributed by atoms with Gasteiger partial charge in [0.25, 0.3) is 17.7 Å². The topological polar surface area (TPSA) is 101 Å². The van der Waals surface area contributed by atoms with Crippen molar-refractivity contribution in [3.8, 4) is 5.75 Å². The van der Waals surface area contributed by atoms with Crippen molar-refractivity contribution in [1.29, 1.82) is 0 Å². The molecule has 0 N–H and O–H groups in total. The Balaban J connectivity index is 1.28. The van der Waals surface area contributed by atoms with E-state index in [1.165, 1.54) is 53.8 Å². The van der Waals surface area contributed by atoms with Crippen LogP contribution >= 0.6 is 66.4 Å². The molecule has 0 radical (unpaired) electrons. The molecule has 2 aromatic carbocycles. The predicted octanol–water partition coefficient (Wildman–Crippen LogP) is 6.29. The van der Waals surface area contributed by atoms with Crippen LogP contribution in [0.4, 0.5) is 0 Å². The summed E-state index contributed by atoms with van der Waals surface area (Å²) >= 11 is 20.8. The lowest BCUT2D eigenvalue weighted by Crippen LogP contribution is -2.52. The minimum Gasteiger partial charge on any atom is -0.422 e. The maximum atomic E-state index is 13.8. The van der Waals surface area contributed by atoms with Gasteiger partial charge in [-0.15, -0.1) is 11.3 Å². The number of ether oxygens (including phenoxy) is 1. The van der Waals surface area contributed by atoms with Gasteiger partial charge in [-0.25, -0.2) is 9.80 Å². The number of alkyl halides is 2.